The van der Waals surface area contributed by atoms with E-state index < -0.39 is 6.10 Å². The molecule has 0 N–H and O–H groups in total. The molecule has 0 amide bonds. The fourth-order valence-electron chi connectivity index (χ4n) is 9.05. The Morgan fingerprint density at radius 1 is 0.282 bits per heavy atom. The van der Waals surface area contributed by atoms with Crippen molar-refractivity contribution in [3.63, 3.8) is 0 Å². The van der Waals surface area contributed by atoms with Crippen LogP contribution in [-0.4, -0.2) is 37.2 Å². The van der Waals surface area contributed by atoms with Gasteiger partial charge in [-0.3, -0.25) is 14.4 Å². The number of ether oxygens (including phenoxy) is 3. The zero-order valence-electron chi connectivity index (χ0n) is 47.5. The minimum Gasteiger partial charge on any atom is -0.462 e. The molecular formula is C65H118O6. The Kier molecular flexibility index (Phi) is 57.7. The number of esters is 3. The van der Waals surface area contributed by atoms with Crippen LogP contribution < -0.4 is 0 Å². The minimum absolute atomic E-state index is 0.0766. The molecule has 0 aromatic carbocycles. The molecule has 0 fully saturated rings. The number of hydrogen-bond acceptors (Lipinski definition) is 6. The van der Waals surface area contributed by atoms with Crippen LogP contribution in [0.3, 0.4) is 0 Å². The number of carbonyl (C=O) groups excluding carboxylic acids is 3. The molecule has 1 unspecified atom stereocenters. The molecule has 0 saturated carbocycles. The van der Waals surface area contributed by atoms with E-state index >= 15 is 0 Å². The summed E-state index contributed by atoms with van der Waals surface area (Å²) in [7, 11) is 0. The van der Waals surface area contributed by atoms with Crippen molar-refractivity contribution < 1.29 is 28.6 Å². The third-order valence-electron chi connectivity index (χ3n) is 13.8. The molecule has 414 valence electrons. The standard InChI is InChI=1S/C65H118O6/c1-4-7-10-13-16-19-22-25-26-27-28-29-30-31-32-33-34-35-36-37-38-41-43-46-49-52-55-58-64(67)70-61-62(71-65(68)59-56-53-50-47-44-40-24-21-18-15-12-9-6-3)60-69-63(66)57-54-51-48-45-42-39-23-20-17-14-11-8-5-2/h20-25,27-28,62H,4-19,26,29-61H2,1-3H3/b23-20-,24-21-,25-22-,28-27-. The largest absolute Gasteiger partial charge is 0.462 e. The van der Waals surface area contributed by atoms with E-state index in [9.17, 15) is 14.4 Å². The molecular weight excluding hydrogens is 877 g/mol. The van der Waals surface area contributed by atoms with Crippen molar-refractivity contribution in [3.05, 3.63) is 48.6 Å². The zero-order valence-corrected chi connectivity index (χ0v) is 47.5. The maximum Gasteiger partial charge on any atom is 0.306 e. The Labute approximate surface area is 441 Å². The number of hydrogen-bond donors (Lipinski definition) is 0. The van der Waals surface area contributed by atoms with E-state index in [0.29, 0.717) is 19.3 Å². The van der Waals surface area contributed by atoms with Gasteiger partial charge in [0.05, 0.1) is 0 Å². The van der Waals surface area contributed by atoms with Gasteiger partial charge in [0.2, 0.25) is 0 Å². The highest BCUT2D eigenvalue weighted by molar-refractivity contribution is 5.71. The molecule has 0 aliphatic carbocycles. The van der Waals surface area contributed by atoms with E-state index in [-0.39, 0.29) is 31.1 Å². The number of allylic oxidation sites excluding steroid dienone is 8. The van der Waals surface area contributed by atoms with Crippen LogP contribution in [0.15, 0.2) is 48.6 Å². The van der Waals surface area contributed by atoms with Gasteiger partial charge in [-0.15, -0.1) is 0 Å². The summed E-state index contributed by atoms with van der Waals surface area (Å²) in [4.78, 5) is 38.2. The maximum absolute atomic E-state index is 12.8. The van der Waals surface area contributed by atoms with Crippen LogP contribution in [0.1, 0.15) is 329 Å². The highest BCUT2D eigenvalue weighted by Gasteiger charge is 2.19. The Hall–Kier alpha value is -2.63. The second-order valence-electron chi connectivity index (χ2n) is 21.0. The van der Waals surface area contributed by atoms with E-state index in [2.05, 4.69) is 69.4 Å². The number of rotatable bonds is 57. The van der Waals surface area contributed by atoms with Gasteiger partial charge < -0.3 is 14.2 Å². The summed E-state index contributed by atoms with van der Waals surface area (Å²) in [6.07, 6.45) is 74.1. The summed E-state index contributed by atoms with van der Waals surface area (Å²) in [5.41, 5.74) is 0. The first-order chi connectivity index (χ1) is 35.0. The van der Waals surface area contributed by atoms with E-state index in [0.717, 1.165) is 83.5 Å². The van der Waals surface area contributed by atoms with Crippen molar-refractivity contribution in [2.45, 2.75) is 335 Å². The van der Waals surface area contributed by atoms with Crippen molar-refractivity contribution in [1.82, 2.24) is 0 Å². The molecule has 0 aliphatic heterocycles. The van der Waals surface area contributed by atoms with Gasteiger partial charge in [-0.2, -0.15) is 0 Å². The molecule has 0 heterocycles. The molecule has 1 atom stereocenters. The Bertz CT molecular complexity index is 1230. The molecule has 0 saturated heterocycles. The first-order valence-corrected chi connectivity index (χ1v) is 31.1. The Morgan fingerprint density at radius 2 is 0.507 bits per heavy atom. The highest BCUT2D eigenvalue weighted by Crippen LogP contribution is 2.16. The maximum atomic E-state index is 12.8. The first kappa shape index (κ1) is 68.4. The van der Waals surface area contributed by atoms with Crippen LogP contribution >= 0.6 is 0 Å². The zero-order chi connectivity index (χ0) is 51.4. The van der Waals surface area contributed by atoms with Crippen molar-refractivity contribution in [1.29, 1.82) is 0 Å². The fourth-order valence-corrected chi connectivity index (χ4v) is 9.05. The van der Waals surface area contributed by atoms with Crippen LogP contribution in [-0.2, 0) is 28.6 Å². The SMILES string of the molecule is CCCCCC/C=C\CCCCCCCC(=O)OCC(COC(=O)CCCCCCCCCCCCCCCCC/C=C\C/C=C\CCCCCCC)OC(=O)CCCCCCC/C=C\CCCCCC. The summed E-state index contributed by atoms with van der Waals surface area (Å²) >= 11 is 0. The lowest BCUT2D eigenvalue weighted by molar-refractivity contribution is -0.167. The van der Waals surface area contributed by atoms with E-state index in [1.54, 1.807) is 0 Å². The summed E-state index contributed by atoms with van der Waals surface area (Å²) < 4.78 is 16.9. The predicted molar refractivity (Wildman–Crippen MR) is 307 cm³/mol. The van der Waals surface area contributed by atoms with Crippen molar-refractivity contribution in [2.75, 3.05) is 13.2 Å². The van der Waals surface area contributed by atoms with Gasteiger partial charge in [0.15, 0.2) is 6.10 Å². The molecule has 0 aliphatic rings. The average Bonchev–Trinajstić information content (AvgIpc) is 3.37. The van der Waals surface area contributed by atoms with Crippen LogP contribution in [0.25, 0.3) is 0 Å². The molecule has 0 spiro atoms. The molecule has 0 radical (unpaired) electrons. The third-order valence-corrected chi connectivity index (χ3v) is 13.8. The lowest BCUT2D eigenvalue weighted by atomic mass is 10.0. The topological polar surface area (TPSA) is 78.9 Å². The first-order valence-electron chi connectivity index (χ1n) is 31.1. The Morgan fingerprint density at radius 3 is 0.803 bits per heavy atom. The van der Waals surface area contributed by atoms with Crippen molar-refractivity contribution >= 4 is 17.9 Å². The molecule has 0 bridgehead atoms. The normalized spacial score (nSPS) is 12.3. The molecule has 0 aromatic heterocycles. The van der Waals surface area contributed by atoms with E-state index in [4.69, 9.17) is 14.2 Å². The second-order valence-corrected chi connectivity index (χ2v) is 21.0. The van der Waals surface area contributed by atoms with Gasteiger partial charge in [-0.05, 0) is 103 Å². The van der Waals surface area contributed by atoms with Crippen LogP contribution in [0, 0.1) is 0 Å². The summed E-state index contributed by atoms with van der Waals surface area (Å²) in [6, 6.07) is 0. The van der Waals surface area contributed by atoms with Crippen molar-refractivity contribution in [2.24, 2.45) is 0 Å². The number of carbonyl (C=O) groups is 3. The number of unbranched alkanes of at least 4 members (excludes halogenated alkanes) is 38. The van der Waals surface area contributed by atoms with E-state index in [1.807, 2.05) is 0 Å². The minimum atomic E-state index is -0.779. The average molecular weight is 996 g/mol. The van der Waals surface area contributed by atoms with Gasteiger partial charge in [0.1, 0.15) is 13.2 Å². The monoisotopic (exact) mass is 995 g/mol. The van der Waals surface area contributed by atoms with Crippen LogP contribution in [0.2, 0.25) is 0 Å². The predicted octanol–water partition coefficient (Wildman–Crippen LogP) is 21.0. The van der Waals surface area contributed by atoms with Gasteiger partial charge in [-0.25, -0.2) is 0 Å². The third kappa shape index (κ3) is 58.1. The van der Waals surface area contributed by atoms with Crippen LogP contribution in [0.5, 0.6) is 0 Å². The van der Waals surface area contributed by atoms with Gasteiger partial charge in [0, 0.05) is 19.3 Å². The highest BCUT2D eigenvalue weighted by atomic mass is 16.6. The van der Waals surface area contributed by atoms with Gasteiger partial charge in [-0.1, -0.05) is 256 Å². The molecule has 71 heavy (non-hydrogen) atoms. The van der Waals surface area contributed by atoms with Gasteiger partial charge in [0.25, 0.3) is 0 Å². The Balaban J connectivity index is 4.19. The summed E-state index contributed by atoms with van der Waals surface area (Å²) in [5, 5.41) is 0. The summed E-state index contributed by atoms with van der Waals surface area (Å²) in [6.45, 7) is 6.62. The molecule has 0 aromatic rings. The van der Waals surface area contributed by atoms with Crippen molar-refractivity contribution in [3.8, 4) is 0 Å². The van der Waals surface area contributed by atoms with Gasteiger partial charge >= 0.3 is 17.9 Å². The van der Waals surface area contributed by atoms with E-state index in [1.165, 1.54) is 205 Å². The lowest BCUT2D eigenvalue weighted by Gasteiger charge is -2.18. The fraction of sp³-hybridized carbons (Fsp3) is 0.831. The smallest absolute Gasteiger partial charge is 0.306 e. The quantitative estimate of drug-likeness (QED) is 0.0261. The van der Waals surface area contributed by atoms with Crippen LogP contribution in [0.4, 0.5) is 0 Å². The summed E-state index contributed by atoms with van der Waals surface area (Å²) in [5.74, 6) is -0.880. The lowest BCUT2D eigenvalue weighted by Crippen LogP contribution is -2.30. The molecule has 0 rings (SSSR count). The second kappa shape index (κ2) is 59.9. The molecule has 6 nitrogen and oxygen atoms in total. The molecule has 6 heteroatoms.